The Morgan fingerprint density at radius 3 is 2.31 bits per heavy atom. The maximum Gasteiger partial charge on any atom is 0.352 e. The number of carboxylic acids is 1. The maximum atomic E-state index is 12.3. The Balaban J connectivity index is 1.60. The van der Waals surface area contributed by atoms with Crippen LogP contribution in [0.25, 0.3) is 28.2 Å². The first-order chi connectivity index (χ1) is 14.1. The predicted molar refractivity (Wildman–Crippen MR) is 111 cm³/mol. The second-order valence-corrected chi connectivity index (χ2v) is 6.45. The van der Waals surface area contributed by atoms with Gasteiger partial charge in [-0.1, -0.05) is 54.6 Å². The van der Waals surface area contributed by atoms with Crippen LogP contribution in [0, 0.1) is 0 Å². The number of hydrogen-bond donors (Lipinski definition) is 2. The van der Waals surface area contributed by atoms with Crippen molar-refractivity contribution in [1.29, 1.82) is 0 Å². The Hall–Kier alpha value is -4.12. The fourth-order valence-electron chi connectivity index (χ4n) is 3.01. The van der Waals surface area contributed by atoms with Gasteiger partial charge < -0.3 is 14.8 Å². The third-order valence-corrected chi connectivity index (χ3v) is 4.46. The van der Waals surface area contributed by atoms with Gasteiger partial charge in [0.25, 0.3) is 5.91 Å². The van der Waals surface area contributed by atoms with Crippen LogP contribution in [-0.2, 0) is 4.79 Å². The van der Waals surface area contributed by atoms with Crippen LogP contribution in [-0.4, -0.2) is 17.0 Å². The first kappa shape index (κ1) is 18.3. The fourth-order valence-corrected chi connectivity index (χ4v) is 3.01. The summed E-state index contributed by atoms with van der Waals surface area (Å²) in [7, 11) is 0. The molecule has 0 aliphatic rings. The van der Waals surface area contributed by atoms with Crippen molar-refractivity contribution in [3.63, 3.8) is 0 Å². The van der Waals surface area contributed by atoms with Crippen LogP contribution >= 0.6 is 0 Å². The van der Waals surface area contributed by atoms with Gasteiger partial charge in [0.15, 0.2) is 0 Å². The van der Waals surface area contributed by atoms with E-state index in [4.69, 9.17) is 4.42 Å². The average molecular weight is 383 g/mol. The zero-order valence-electron chi connectivity index (χ0n) is 15.3. The Morgan fingerprint density at radius 1 is 0.828 bits per heavy atom. The summed E-state index contributed by atoms with van der Waals surface area (Å²) in [5.74, 6) is -0.807. The normalized spacial score (nSPS) is 11.4. The number of nitrogens with one attached hydrogen (secondary N) is 1. The average Bonchev–Trinajstić information content (AvgIpc) is 3.22. The van der Waals surface area contributed by atoms with Crippen molar-refractivity contribution in [2.75, 3.05) is 0 Å². The van der Waals surface area contributed by atoms with E-state index in [0.29, 0.717) is 17.1 Å². The molecule has 0 saturated carbocycles. The summed E-state index contributed by atoms with van der Waals surface area (Å²) in [5, 5.41) is 14.1. The van der Waals surface area contributed by atoms with Crippen molar-refractivity contribution in [3.8, 4) is 11.3 Å². The van der Waals surface area contributed by atoms with E-state index in [-0.39, 0.29) is 5.70 Å². The van der Waals surface area contributed by atoms with E-state index in [1.165, 1.54) is 6.08 Å². The number of hydrogen-bond acceptors (Lipinski definition) is 3. The van der Waals surface area contributed by atoms with Gasteiger partial charge in [-0.05, 0) is 41.1 Å². The summed E-state index contributed by atoms with van der Waals surface area (Å²) in [6.07, 6.45) is 1.30. The SMILES string of the molecule is O=C(O)/C(=C\c1ccc(-c2ccc3ccccc3c2)o1)NC(=O)c1ccccc1. The Morgan fingerprint density at radius 2 is 1.55 bits per heavy atom. The number of benzene rings is 3. The van der Waals surface area contributed by atoms with Crippen LogP contribution in [0.5, 0.6) is 0 Å². The lowest BCUT2D eigenvalue weighted by Gasteiger charge is -2.05. The fraction of sp³-hybridized carbons (Fsp3) is 0. The Bertz CT molecular complexity index is 1220. The van der Waals surface area contributed by atoms with Gasteiger partial charge in [0.1, 0.15) is 17.2 Å². The molecule has 0 bridgehead atoms. The molecule has 5 heteroatoms. The molecule has 29 heavy (non-hydrogen) atoms. The molecule has 0 saturated heterocycles. The molecule has 4 rings (SSSR count). The molecule has 3 aromatic carbocycles. The Labute approximate surface area is 166 Å². The van der Waals surface area contributed by atoms with E-state index in [9.17, 15) is 14.7 Å². The molecule has 0 aliphatic heterocycles. The van der Waals surface area contributed by atoms with E-state index in [2.05, 4.69) is 5.32 Å². The lowest BCUT2D eigenvalue weighted by atomic mass is 10.1. The second-order valence-electron chi connectivity index (χ2n) is 6.45. The molecule has 0 fully saturated rings. The summed E-state index contributed by atoms with van der Waals surface area (Å²) >= 11 is 0. The number of aliphatic carboxylic acids is 1. The highest BCUT2D eigenvalue weighted by Crippen LogP contribution is 2.27. The third kappa shape index (κ3) is 4.09. The van der Waals surface area contributed by atoms with Gasteiger partial charge in [-0.15, -0.1) is 0 Å². The van der Waals surface area contributed by atoms with Gasteiger partial charge in [-0.25, -0.2) is 4.79 Å². The number of fused-ring (bicyclic) bond motifs is 1. The van der Waals surface area contributed by atoms with Crippen molar-refractivity contribution in [1.82, 2.24) is 5.32 Å². The molecular weight excluding hydrogens is 366 g/mol. The molecule has 0 unspecified atom stereocenters. The number of amides is 1. The summed E-state index contributed by atoms with van der Waals surface area (Å²) < 4.78 is 5.80. The number of carboxylic acid groups (broad SMARTS) is 1. The zero-order chi connectivity index (χ0) is 20.2. The first-order valence-electron chi connectivity index (χ1n) is 9.00. The van der Waals surface area contributed by atoms with E-state index in [1.54, 1.807) is 42.5 Å². The van der Waals surface area contributed by atoms with Crippen molar-refractivity contribution in [2.45, 2.75) is 0 Å². The highest BCUT2D eigenvalue weighted by atomic mass is 16.4. The van der Waals surface area contributed by atoms with Crippen LogP contribution in [0.15, 0.2) is 95.0 Å². The molecule has 1 aromatic heterocycles. The van der Waals surface area contributed by atoms with Gasteiger partial charge in [0.2, 0.25) is 0 Å². The number of rotatable bonds is 5. The number of carbonyl (C=O) groups is 2. The quantitative estimate of drug-likeness (QED) is 0.478. The molecule has 5 nitrogen and oxygen atoms in total. The monoisotopic (exact) mass is 383 g/mol. The number of carbonyl (C=O) groups excluding carboxylic acids is 1. The second kappa shape index (κ2) is 7.86. The minimum absolute atomic E-state index is 0.265. The first-order valence-corrected chi connectivity index (χ1v) is 9.00. The molecule has 0 radical (unpaired) electrons. The standard InChI is InChI=1S/C24H17NO4/c26-23(17-7-2-1-3-8-17)25-21(24(27)28)15-20-12-13-22(29-20)19-11-10-16-6-4-5-9-18(16)14-19/h1-15H,(H,25,26)(H,27,28)/b21-15+. The largest absolute Gasteiger partial charge is 0.477 e. The van der Waals surface area contributed by atoms with Crippen LogP contribution in [0.3, 0.4) is 0 Å². The molecular formula is C24H17NO4. The van der Waals surface area contributed by atoms with E-state index in [1.807, 2.05) is 42.5 Å². The van der Waals surface area contributed by atoms with E-state index in [0.717, 1.165) is 16.3 Å². The van der Waals surface area contributed by atoms with Crippen molar-refractivity contribution >= 4 is 28.7 Å². The van der Waals surface area contributed by atoms with Crippen molar-refractivity contribution in [2.24, 2.45) is 0 Å². The minimum Gasteiger partial charge on any atom is -0.477 e. The van der Waals surface area contributed by atoms with Crippen LogP contribution in [0.4, 0.5) is 0 Å². The van der Waals surface area contributed by atoms with Crippen LogP contribution in [0.2, 0.25) is 0 Å². The summed E-state index contributed by atoms with van der Waals surface area (Å²) in [4.78, 5) is 23.8. The van der Waals surface area contributed by atoms with Crippen molar-refractivity contribution < 1.29 is 19.1 Å². The molecule has 1 heterocycles. The smallest absolute Gasteiger partial charge is 0.352 e. The maximum absolute atomic E-state index is 12.3. The molecule has 4 aromatic rings. The molecule has 1 amide bonds. The summed E-state index contributed by atoms with van der Waals surface area (Å²) in [5.41, 5.74) is 0.989. The van der Waals surface area contributed by atoms with Gasteiger partial charge in [0, 0.05) is 17.2 Å². The summed E-state index contributed by atoms with van der Waals surface area (Å²) in [6.45, 7) is 0. The molecule has 0 spiro atoms. The predicted octanol–water partition coefficient (Wildman–Crippen LogP) is 4.96. The number of furan rings is 1. The Kier molecular flexibility index (Phi) is 4.95. The summed E-state index contributed by atoms with van der Waals surface area (Å²) in [6, 6.07) is 25.8. The molecule has 0 aliphatic carbocycles. The highest BCUT2D eigenvalue weighted by molar-refractivity contribution is 6.02. The van der Waals surface area contributed by atoms with E-state index >= 15 is 0 Å². The minimum atomic E-state index is -1.25. The molecule has 0 atom stereocenters. The molecule has 2 N–H and O–H groups in total. The van der Waals surface area contributed by atoms with Gasteiger partial charge in [-0.2, -0.15) is 0 Å². The van der Waals surface area contributed by atoms with E-state index < -0.39 is 11.9 Å². The zero-order valence-corrected chi connectivity index (χ0v) is 15.3. The van der Waals surface area contributed by atoms with Crippen molar-refractivity contribution in [3.05, 3.63) is 102 Å². The molecule has 142 valence electrons. The van der Waals surface area contributed by atoms with Crippen LogP contribution in [0.1, 0.15) is 16.1 Å². The lowest BCUT2D eigenvalue weighted by Crippen LogP contribution is -2.27. The lowest BCUT2D eigenvalue weighted by molar-refractivity contribution is -0.132. The third-order valence-electron chi connectivity index (χ3n) is 4.46. The van der Waals surface area contributed by atoms with Gasteiger partial charge in [-0.3, -0.25) is 4.79 Å². The topological polar surface area (TPSA) is 79.5 Å². The van der Waals surface area contributed by atoms with Gasteiger partial charge >= 0.3 is 5.97 Å². The van der Waals surface area contributed by atoms with Crippen LogP contribution < -0.4 is 5.32 Å². The van der Waals surface area contributed by atoms with Gasteiger partial charge in [0.05, 0.1) is 0 Å². The highest BCUT2D eigenvalue weighted by Gasteiger charge is 2.14.